The van der Waals surface area contributed by atoms with Gasteiger partial charge in [0, 0.05) is 37.6 Å². The van der Waals surface area contributed by atoms with Gasteiger partial charge in [0.05, 0.1) is 13.5 Å². The van der Waals surface area contributed by atoms with Crippen LogP contribution in [-0.4, -0.2) is 62.0 Å². The van der Waals surface area contributed by atoms with Gasteiger partial charge in [-0.05, 0) is 43.3 Å². The Morgan fingerprint density at radius 2 is 1.68 bits per heavy atom. The van der Waals surface area contributed by atoms with E-state index in [0.717, 1.165) is 30.1 Å². The number of rotatable bonds is 4. The summed E-state index contributed by atoms with van der Waals surface area (Å²) in [6.45, 7) is 4.99. The van der Waals surface area contributed by atoms with Gasteiger partial charge in [-0.2, -0.15) is 0 Å². The lowest BCUT2D eigenvalue weighted by Crippen LogP contribution is -2.56. The number of benzene rings is 2. The Hall–Kier alpha value is -3.55. The van der Waals surface area contributed by atoms with E-state index >= 15 is 0 Å². The third kappa shape index (κ3) is 4.96. The maximum absolute atomic E-state index is 12.7. The quantitative estimate of drug-likeness (QED) is 0.789. The van der Waals surface area contributed by atoms with Crippen molar-refractivity contribution in [3.8, 4) is 5.75 Å². The number of nitrogens with one attached hydrogen (secondary N) is 2. The molecule has 1 saturated heterocycles. The highest BCUT2D eigenvalue weighted by Gasteiger charge is 2.30. The van der Waals surface area contributed by atoms with Crippen molar-refractivity contribution in [2.75, 3.05) is 43.5 Å². The fourth-order valence-electron chi connectivity index (χ4n) is 3.72. The molecule has 8 nitrogen and oxygen atoms in total. The summed E-state index contributed by atoms with van der Waals surface area (Å²) < 4.78 is 5.22. The van der Waals surface area contributed by atoms with E-state index in [2.05, 4.69) is 20.5 Å². The topological polar surface area (TPSA) is 86.3 Å². The number of aliphatic imine (C=N–C) groups is 1. The molecule has 0 radical (unpaired) electrons. The first-order chi connectivity index (χ1) is 15.0. The summed E-state index contributed by atoms with van der Waals surface area (Å²) in [5.74, 6) is 0.853. The number of hydrogen-bond acceptors (Lipinski definition) is 6. The lowest BCUT2D eigenvalue weighted by molar-refractivity contribution is -0.125. The van der Waals surface area contributed by atoms with Crippen LogP contribution in [0.3, 0.4) is 0 Å². The van der Waals surface area contributed by atoms with E-state index in [0.29, 0.717) is 24.7 Å². The normalized spacial score (nSPS) is 18.8. The summed E-state index contributed by atoms with van der Waals surface area (Å²) in [5.41, 5.74) is 2.95. The van der Waals surface area contributed by atoms with E-state index < -0.39 is 6.04 Å². The van der Waals surface area contributed by atoms with Crippen molar-refractivity contribution >= 4 is 29.1 Å². The molecule has 1 fully saturated rings. The predicted molar refractivity (Wildman–Crippen MR) is 121 cm³/mol. The molecule has 2 amide bonds. The van der Waals surface area contributed by atoms with E-state index in [9.17, 15) is 9.59 Å². The molecular weight excluding hydrogens is 394 g/mol. The molecule has 0 saturated carbocycles. The number of anilines is 2. The van der Waals surface area contributed by atoms with E-state index in [1.54, 1.807) is 7.11 Å². The average Bonchev–Trinajstić information content (AvgIpc) is 2.80. The molecule has 2 heterocycles. The van der Waals surface area contributed by atoms with Gasteiger partial charge in [0.1, 0.15) is 11.8 Å². The van der Waals surface area contributed by atoms with Gasteiger partial charge in [-0.25, -0.2) is 4.99 Å². The first-order valence-corrected chi connectivity index (χ1v) is 10.4. The van der Waals surface area contributed by atoms with Crippen molar-refractivity contribution < 1.29 is 14.3 Å². The fourth-order valence-corrected chi connectivity index (χ4v) is 3.72. The van der Waals surface area contributed by atoms with Gasteiger partial charge in [0.25, 0.3) is 0 Å². The van der Waals surface area contributed by atoms with Crippen molar-refractivity contribution in [2.24, 2.45) is 4.99 Å². The zero-order valence-corrected chi connectivity index (χ0v) is 17.8. The van der Waals surface area contributed by atoms with Gasteiger partial charge in [-0.3, -0.25) is 14.9 Å². The first kappa shape index (κ1) is 20.7. The zero-order valence-electron chi connectivity index (χ0n) is 17.8. The molecule has 2 N–H and O–H groups in total. The van der Waals surface area contributed by atoms with Crippen molar-refractivity contribution in [1.82, 2.24) is 10.2 Å². The van der Waals surface area contributed by atoms with Crippen molar-refractivity contribution in [3.05, 3.63) is 54.1 Å². The van der Waals surface area contributed by atoms with Gasteiger partial charge in [0.15, 0.2) is 0 Å². The van der Waals surface area contributed by atoms with Crippen LogP contribution in [-0.2, 0) is 9.59 Å². The van der Waals surface area contributed by atoms with E-state index in [1.807, 2.05) is 60.4 Å². The van der Waals surface area contributed by atoms with Crippen LogP contribution in [0.2, 0.25) is 0 Å². The Balaban J connectivity index is 1.39. The summed E-state index contributed by atoms with van der Waals surface area (Å²) in [4.78, 5) is 33.8. The smallest absolute Gasteiger partial charge is 0.249 e. The third-order valence-corrected chi connectivity index (χ3v) is 5.55. The molecule has 0 aliphatic carbocycles. The Morgan fingerprint density at radius 1 is 1.03 bits per heavy atom. The lowest BCUT2D eigenvalue weighted by Gasteiger charge is -2.38. The molecule has 2 aromatic carbocycles. The molecule has 0 bridgehead atoms. The van der Waals surface area contributed by atoms with Crippen LogP contribution in [0.5, 0.6) is 5.75 Å². The van der Waals surface area contributed by atoms with Gasteiger partial charge >= 0.3 is 0 Å². The average molecular weight is 422 g/mol. The monoisotopic (exact) mass is 421 g/mol. The molecule has 0 aromatic heterocycles. The number of methoxy groups -OCH3 is 1. The van der Waals surface area contributed by atoms with Gasteiger partial charge in [-0.1, -0.05) is 17.7 Å². The summed E-state index contributed by atoms with van der Waals surface area (Å²) in [6.07, 6.45) is 0.0486. The maximum Gasteiger partial charge on any atom is 0.249 e. The minimum atomic E-state index is -0.732. The Bertz CT molecular complexity index is 964. The molecule has 4 rings (SSSR count). The van der Waals surface area contributed by atoms with Crippen molar-refractivity contribution in [3.63, 3.8) is 0 Å². The maximum atomic E-state index is 12.7. The highest BCUT2D eigenvalue weighted by atomic mass is 16.5. The highest BCUT2D eigenvalue weighted by Crippen LogP contribution is 2.21. The number of nitrogens with zero attached hydrogens (tertiary/aromatic N) is 3. The van der Waals surface area contributed by atoms with Crippen LogP contribution in [0.25, 0.3) is 0 Å². The van der Waals surface area contributed by atoms with E-state index in [-0.39, 0.29) is 18.2 Å². The Morgan fingerprint density at radius 3 is 2.32 bits per heavy atom. The Kier molecular flexibility index (Phi) is 6.06. The van der Waals surface area contributed by atoms with E-state index in [4.69, 9.17) is 4.74 Å². The third-order valence-electron chi connectivity index (χ3n) is 5.55. The number of amides is 2. The molecule has 1 unspecified atom stereocenters. The minimum absolute atomic E-state index is 0.0486. The van der Waals surface area contributed by atoms with Crippen LogP contribution in [0, 0.1) is 6.92 Å². The van der Waals surface area contributed by atoms with Gasteiger partial charge in [-0.15, -0.1) is 0 Å². The van der Waals surface area contributed by atoms with Crippen molar-refractivity contribution in [1.29, 1.82) is 0 Å². The SMILES string of the molecule is COc1ccc(N2CCN(C3=NC(C(=O)Nc4ccc(C)cc4)CC(=O)N3)CC2)cc1. The zero-order chi connectivity index (χ0) is 21.8. The minimum Gasteiger partial charge on any atom is -0.497 e. The van der Waals surface area contributed by atoms with Gasteiger partial charge < -0.3 is 19.9 Å². The van der Waals surface area contributed by atoms with Crippen LogP contribution in [0.1, 0.15) is 12.0 Å². The van der Waals surface area contributed by atoms with Crippen LogP contribution >= 0.6 is 0 Å². The molecule has 2 aromatic rings. The van der Waals surface area contributed by atoms with Crippen LogP contribution in [0.4, 0.5) is 11.4 Å². The fraction of sp³-hybridized carbons (Fsp3) is 0.348. The number of guanidine groups is 1. The number of piperazine rings is 1. The number of ether oxygens (including phenoxy) is 1. The van der Waals surface area contributed by atoms with Gasteiger partial charge in [0.2, 0.25) is 17.8 Å². The summed E-state index contributed by atoms with van der Waals surface area (Å²) in [6, 6.07) is 14.8. The number of carbonyl (C=O) groups is 2. The molecule has 8 heteroatoms. The second kappa shape index (κ2) is 9.07. The summed E-state index contributed by atoms with van der Waals surface area (Å²) in [7, 11) is 1.65. The Labute approximate surface area is 181 Å². The molecular formula is C23H27N5O3. The van der Waals surface area contributed by atoms with Crippen molar-refractivity contribution in [2.45, 2.75) is 19.4 Å². The largest absolute Gasteiger partial charge is 0.497 e. The lowest BCUT2D eigenvalue weighted by atomic mass is 10.1. The molecule has 162 valence electrons. The first-order valence-electron chi connectivity index (χ1n) is 10.4. The summed E-state index contributed by atoms with van der Waals surface area (Å²) >= 11 is 0. The molecule has 2 aliphatic heterocycles. The molecule has 1 atom stereocenters. The highest BCUT2D eigenvalue weighted by molar-refractivity contribution is 6.06. The second-order valence-electron chi connectivity index (χ2n) is 7.75. The number of aryl methyl sites for hydroxylation is 1. The second-order valence-corrected chi connectivity index (χ2v) is 7.75. The van der Waals surface area contributed by atoms with Crippen LogP contribution in [0.15, 0.2) is 53.5 Å². The molecule has 31 heavy (non-hydrogen) atoms. The molecule has 2 aliphatic rings. The molecule has 0 spiro atoms. The standard InChI is InChI=1S/C23H27N5O3/c1-16-3-5-17(6-4-16)24-22(30)20-15-21(29)26-23(25-20)28-13-11-27(12-14-28)18-7-9-19(31-2)10-8-18/h3-10,20H,11-15H2,1-2H3,(H,24,30)(H,25,26,29). The predicted octanol–water partition coefficient (Wildman–Crippen LogP) is 2.01. The summed E-state index contributed by atoms with van der Waals surface area (Å²) in [5, 5.41) is 5.69. The number of carbonyl (C=O) groups excluding carboxylic acids is 2. The number of hydrogen-bond donors (Lipinski definition) is 2. The van der Waals surface area contributed by atoms with Crippen LogP contribution < -0.4 is 20.3 Å². The van der Waals surface area contributed by atoms with E-state index in [1.165, 1.54) is 0 Å².